The Hall–Kier alpha value is -1.79. The van der Waals surface area contributed by atoms with Crippen molar-refractivity contribution in [3.63, 3.8) is 0 Å². The molecule has 164 valence electrons. The van der Waals surface area contributed by atoms with Gasteiger partial charge < -0.3 is 24.8 Å². The summed E-state index contributed by atoms with van der Waals surface area (Å²) in [6.45, 7) is 8.10. The number of aliphatic imine (C=N–C) groups is 1. The van der Waals surface area contributed by atoms with Crippen molar-refractivity contribution in [3.05, 3.63) is 29.8 Å². The lowest BCUT2D eigenvalue weighted by molar-refractivity contribution is 0.0205. The standard InChI is InChI=1S/C23H39N3O3/c1-3-24-23(26-15-6-16-29-19-21-12-17-28-18-13-21)25-14-5-4-7-20-8-10-22(27-2)11-9-20/h8-11,21H,3-7,12-19H2,1-2H3,(H2,24,25,26). The lowest BCUT2D eigenvalue weighted by Crippen LogP contribution is -2.38. The Morgan fingerprint density at radius 1 is 1.10 bits per heavy atom. The average Bonchev–Trinajstić information content (AvgIpc) is 2.77. The number of guanidine groups is 1. The molecule has 6 nitrogen and oxygen atoms in total. The van der Waals surface area contributed by atoms with Gasteiger partial charge in [0, 0.05) is 46.1 Å². The fourth-order valence-electron chi connectivity index (χ4n) is 3.32. The monoisotopic (exact) mass is 405 g/mol. The van der Waals surface area contributed by atoms with Gasteiger partial charge in [-0.3, -0.25) is 4.99 Å². The Balaban J connectivity index is 1.52. The number of methoxy groups -OCH3 is 1. The SMILES string of the molecule is CCNC(=NCCCOCC1CCOCC1)NCCCCc1ccc(OC)cc1. The van der Waals surface area contributed by atoms with Crippen LogP contribution in [0, 0.1) is 5.92 Å². The summed E-state index contributed by atoms with van der Waals surface area (Å²) in [5.74, 6) is 2.49. The molecule has 0 radical (unpaired) electrons. The van der Waals surface area contributed by atoms with Crippen molar-refractivity contribution in [2.24, 2.45) is 10.9 Å². The summed E-state index contributed by atoms with van der Waals surface area (Å²) in [4.78, 5) is 4.65. The van der Waals surface area contributed by atoms with E-state index in [4.69, 9.17) is 14.2 Å². The molecule has 0 unspecified atom stereocenters. The Morgan fingerprint density at radius 3 is 2.62 bits per heavy atom. The lowest BCUT2D eigenvalue weighted by atomic mass is 10.0. The molecule has 1 aliphatic rings. The first-order chi connectivity index (χ1) is 14.3. The smallest absolute Gasteiger partial charge is 0.191 e. The van der Waals surface area contributed by atoms with E-state index in [1.54, 1.807) is 7.11 Å². The normalized spacial score (nSPS) is 15.3. The van der Waals surface area contributed by atoms with E-state index in [2.05, 4.69) is 34.7 Å². The number of nitrogens with zero attached hydrogens (tertiary/aromatic N) is 1. The van der Waals surface area contributed by atoms with Crippen LogP contribution in [-0.4, -0.2) is 59.1 Å². The molecule has 2 rings (SSSR count). The van der Waals surface area contributed by atoms with Gasteiger partial charge in [0.1, 0.15) is 5.75 Å². The number of hydrogen-bond acceptors (Lipinski definition) is 4. The summed E-state index contributed by atoms with van der Waals surface area (Å²) in [6, 6.07) is 8.33. The Bertz CT molecular complexity index is 557. The summed E-state index contributed by atoms with van der Waals surface area (Å²) in [5, 5.41) is 6.75. The molecular weight excluding hydrogens is 366 g/mol. The second-order valence-corrected chi connectivity index (χ2v) is 7.48. The highest BCUT2D eigenvalue weighted by Crippen LogP contribution is 2.15. The van der Waals surface area contributed by atoms with Crippen LogP contribution in [0.25, 0.3) is 0 Å². The minimum Gasteiger partial charge on any atom is -0.497 e. The molecule has 0 aromatic heterocycles. The molecule has 0 bridgehead atoms. The van der Waals surface area contributed by atoms with Crippen LogP contribution in [-0.2, 0) is 15.9 Å². The largest absolute Gasteiger partial charge is 0.497 e. The van der Waals surface area contributed by atoms with E-state index in [1.165, 1.54) is 5.56 Å². The van der Waals surface area contributed by atoms with E-state index < -0.39 is 0 Å². The summed E-state index contributed by atoms with van der Waals surface area (Å²) in [7, 11) is 1.70. The van der Waals surface area contributed by atoms with Crippen molar-refractivity contribution in [1.29, 1.82) is 0 Å². The van der Waals surface area contributed by atoms with Crippen LogP contribution in [0.2, 0.25) is 0 Å². The van der Waals surface area contributed by atoms with Gasteiger partial charge in [-0.1, -0.05) is 12.1 Å². The zero-order valence-corrected chi connectivity index (χ0v) is 18.3. The van der Waals surface area contributed by atoms with E-state index in [9.17, 15) is 0 Å². The molecule has 0 aliphatic carbocycles. The summed E-state index contributed by atoms with van der Waals surface area (Å²) >= 11 is 0. The topological polar surface area (TPSA) is 64.1 Å². The van der Waals surface area contributed by atoms with Crippen molar-refractivity contribution >= 4 is 5.96 Å². The molecule has 0 atom stereocenters. The van der Waals surface area contributed by atoms with Gasteiger partial charge in [-0.25, -0.2) is 0 Å². The molecule has 1 aromatic carbocycles. The predicted octanol–water partition coefficient (Wildman–Crippen LogP) is 3.41. The Morgan fingerprint density at radius 2 is 1.90 bits per heavy atom. The number of unbranched alkanes of at least 4 members (excludes halogenated alkanes) is 1. The number of nitrogens with one attached hydrogen (secondary N) is 2. The first-order valence-corrected chi connectivity index (χ1v) is 11.1. The maximum absolute atomic E-state index is 5.81. The van der Waals surface area contributed by atoms with Crippen molar-refractivity contribution in [3.8, 4) is 5.75 Å². The van der Waals surface area contributed by atoms with E-state index in [-0.39, 0.29) is 0 Å². The van der Waals surface area contributed by atoms with Gasteiger partial charge in [0.05, 0.1) is 7.11 Å². The van der Waals surface area contributed by atoms with Crippen LogP contribution in [0.1, 0.15) is 44.6 Å². The van der Waals surface area contributed by atoms with E-state index in [1.807, 2.05) is 12.1 Å². The van der Waals surface area contributed by atoms with Gasteiger partial charge in [0.25, 0.3) is 0 Å². The van der Waals surface area contributed by atoms with Crippen LogP contribution in [0.15, 0.2) is 29.3 Å². The van der Waals surface area contributed by atoms with Crippen LogP contribution in [0.4, 0.5) is 0 Å². The van der Waals surface area contributed by atoms with Crippen LogP contribution >= 0.6 is 0 Å². The number of ether oxygens (including phenoxy) is 3. The third-order valence-electron chi connectivity index (χ3n) is 5.10. The van der Waals surface area contributed by atoms with Crippen LogP contribution in [0.3, 0.4) is 0 Å². The molecule has 0 saturated carbocycles. The Labute approximate surface area is 176 Å². The summed E-state index contributed by atoms with van der Waals surface area (Å²) < 4.78 is 16.4. The second-order valence-electron chi connectivity index (χ2n) is 7.48. The van der Waals surface area contributed by atoms with Gasteiger partial charge in [-0.05, 0) is 69.1 Å². The van der Waals surface area contributed by atoms with E-state index in [0.717, 1.165) is 96.3 Å². The zero-order chi connectivity index (χ0) is 20.6. The fourth-order valence-corrected chi connectivity index (χ4v) is 3.32. The highest BCUT2D eigenvalue weighted by molar-refractivity contribution is 5.79. The van der Waals surface area contributed by atoms with Crippen molar-refractivity contribution in [1.82, 2.24) is 10.6 Å². The molecule has 2 N–H and O–H groups in total. The quantitative estimate of drug-likeness (QED) is 0.299. The summed E-state index contributed by atoms with van der Waals surface area (Å²) in [6.07, 6.45) is 6.57. The molecule has 1 saturated heterocycles. The molecule has 1 aromatic rings. The summed E-state index contributed by atoms with van der Waals surface area (Å²) in [5.41, 5.74) is 1.35. The average molecular weight is 406 g/mol. The second kappa shape index (κ2) is 15.1. The molecular formula is C23H39N3O3. The number of aryl methyl sites for hydroxylation is 1. The molecule has 1 fully saturated rings. The molecule has 0 spiro atoms. The first kappa shape index (κ1) is 23.5. The lowest BCUT2D eigenvalue weighted by Gasteiger charge is -2.21. The van der Waals surface area contributed by atoms with Crippen LogP contribution < -0.4 is 15.4 Å². The van der Waals surface area contributed by atoms with Crippen LogP contribution in [0.5, 0.6) is 5.75 Å². The number of rotatable bonds is 13. The third-order valence-corrected chi connectivity index (χ3v) is 5.10. The van der Waals surface area contributed by atoms with E-state index >= 15 is 0 Å². The van der Waals surface area contributed by atoms with Crippen molar-refractivity contribution in [2.75, 3.05) is 53.2 Å². The number of benzene rings is 1. The maximum atomic E-state index is 5.81. The molecule has 0 amide bonds. The van der Waals surface area contributed by atoms with Gasteiger partial charge in [-0.2, -0.15) is 0 Å². The van der Waals surface area contributed by atoms with Gasteiger partial charge >= 0.3 is 0 Å². The van der Waals surface area contributed by atoms with Gasteiger partial charge in [0.15, 0.2) is 5.96 Å². The third kappa shape index (κ3) is 10.5. The van der Waals surface area contributed by atoms with Gasteiger partial charge in [-0.15, -0.1) is 0 Å². The molecule has 29 heavy (non-hydrogen) atoms. The van der Waals surface area contributed by atoms with Crippen molar-refractivity contribution in [2.45, 2.75) is 45.4 Å². The van der Waals surface area contributed by atoms with E-state index in [0.29, 0.717) is 5.92 Å². The molecule has 6 heteroatoms. The highest BCUT2D eigenvalue weighted by Gasteiger charge is 2.13. The van der Waals surface area contributed by atoms with Gasteiger partial charge in [0.2, 0.25) is 0 Å². The number of hydrogen-bond donors (Lipinski definition) is 2. The fraction of sp³-hybridized carbons (Fsp3) is 0.696. The molecule has 1 heterocycles. The minimum absolute atomic E-state index is 0.671. The highest BCUT2D eigenvalue weighted by atomic mass is 16.5. The van der Waals surface area contributed by atoms with Crippen molar-refractivity contribution < 1.29 is 14.2 Å². The minimum atomic E-state index is 0.671. The predicted molar refractivity (Wildman–Crippen MR) is 119 cm³/mol. The first-order valence-electron chi connectivity index (χ1n) is 11.1. The Kier molecular flexibility index (Phi) is 12.2. The molecule has 1 aliphatic heterocycles. The maximum Gasteiger partial charge on any atom is 0.191 e. The zero-order valence-electron chi connectivity index (χ0n) is 18.3.